The van der Waals surface area contributed by atoms with E-state index in [0.29, 0.717) is 0 Å². The third-order valence-electron chi connectivity index (χ3n) is 1.36. The van der Waals surface area contributed by atoms with Crippen molar-refractivity contribution in [2.45, 2.75) is 26.4 Å². The lowest BCUT2D eigenvalue weighted by atomic mass is 10.3. The molecule has 0 heterocycles. The summed E-state index contributed by atoms with van der Waals surface area (Å²) in [6.07, 6.45) is 0.737. The predicted molar refractivity (Wildman–Crippen MR) is 43.7 cm³/mol. The van der Waals surface area contributed by atoms with Crippen LogP contribution >= 0.6 is 0 Å². The molecule has 0 aromatic rings. The van der Waals surface area contributed by atoms with Gasteiger partial charge in [0.1, 0.15) is 6.61 Å². The summed E-state index contributed by atoms with van der Waals surface area (Å²) in [4.78, 5) is 10.9. The fraction of sp³-hybridized carbons (Fsp3) is 0.875. The molecule has 0 radical (unpaired) electrons. The number of aliphatic hydroxyl groups is 1. The Kier molecular flexibility index (Phi) is 6.70. The number of carbonyl (C=O) groups is 1. The first-order valence-corrected chi connectivity index (χ1v) is 4.08. The van der Waals surface area contributed by atoms with E-state index >= 15 is 0 Å². The summed E-state index contributed by atoms with van der Waals surface area (Å²) in [7, 11) is 0. The average Bonchev–Trinajstić information content (AvgIpc) is 2.05. The van der Waals surface area contributed by atoms with Gasteiger partial charge in [-0.3, -0.25) is 0 Å². The molecule has 0 spiro atoms. The first-order valence-electron chi connectivity index (χ1n) is 4.08. The molecule has 0 saturated heterocycles. The van der Waals surface area contributed by atoms with Gasteiger partial charge in [0.2, 0.25) is 0 Å². The van der Waals surface area contributed by atoms with Crippen molar-refractivity contribution in [2.24, 2.45) is 0 Å². The molecule has 1 unspecified atom stereocenters. The van der Waals surface area contributed by atoms with E-state index in [9.17, 15) is 4.79 Å². The minimum Gasteiger partial charge on any atom is -0.461 e. The van der Waals surface area contributed by atoms with E-state index in [1.54, 1.807) is 0 Å². The van der Waals surface area contributed by atoms with Gasteiger partial charge < -0.3 is 14.6 Å². The molecule has 0 fully saturated rings. The number of hydrogen-bond donors (Lipinski definition) is 1. The standard InChI is InChI=1S/C8H16O4/c1-3-7(2)12-8(10)6-11-5-4-9/h7,9H,3-6H2,1-2H3. The van der Waals surface area contributed by atoms with Crippen LogP contribution in [0, 0.1) is 0 Å². The Hall–Kier alpha value is -0.610. The Labute approximate surface area is 72.5 Å². The summed E-state index contributed by atoms with van der Waals surface area (Å²) in [5.74, 6) is -0.377. The summed E-state index contributed by atoms with van der Waals surface area (Å²) in [5.41, 5.74) is 0. The van der Waals surface area contributed by atoms with Crippen molar-refractivity contribution in [3.63, 3.8) is 0 Å². The van der Waals surface area contributed by atoms with E-state index < -0.39 is 0 Å². The lowest BCUT2D eigenvalue weighted by Gasteiger charge is -2.10. The predicted octanol–water partition coefficient (Wildman–Crippen LogP) is 0.337. The molecule has 4 nitrogen and oxygen atoms in total. The highest BCUT2D eigenvalue weighted by atomic mass is 16.6. The molecule has 0 saturated carbocycles. The summed E-state index contributed by atoms with van der Waals surface area (Å²) in [6, 6.07) is 0. The smallest absolute Gasteiger partial charge is 0.332 e. The van der Waals surface area contributed by atoms with Crippen LogP contribution in [0.4, 0.5) is 0 Å². The Morgan fingerprint density at radius 3 is 2.75 bits per heavy atom. The van der Waals surface area contributed by atoms with Crippen LogP contribution in [0.1, 0.15) is 20.3 Å². The van der Waals surface area contributed by atoms with Gasteiger partial charge in [-0.1, -0.05) is 6.92 Å². The lowest BCUT2D eigenvalue weighted by molar-refractivity contribution is -0.153. The number of ether oxygens (including phenoxy) is 2. The zero-order valence-electron chi connectivity index (χ0n) is 7.58. The first kappa shape index (κ1) is 11.4. The molecule has 4 heteroatoms. The molecular formula is C8H16O4. The van der Waals surface area contributed by atoms with Gasteiger partial charge in [0.05, 0.1) is 19.3 Å². The topological polar surface area (TPSA) is 55.8 Å². The Bertz CT molecular complexity index is 124. The van der Waals surface area contributed by atoms with Gasteiger partial charge in [-0.05, 0) is 13.3 Å². The highest BCUT2D eigenvalue weighted by Crippen LogP contribution is 1.96. The summed E-state index contributed by atoms with van der Waals surface area (Å²) in [6.45, 7) is 3.79. The van der Waals surface area contributed by atoms with E-state index in [-0.39, 0.29) is 31.9 Å². The van der Waals surface area contributed by atoms with Gasteiger partial charge in [0, 0.05) is 0 Å². The van der Waals surface area contributed by atoms with Gasteiger partial charge in [-0.25, -0.2) is 4.79 Å². The van der Waals surface area contributed by atoms with Crippen molar-refractivity contribution in [3.05, 3.63) is 0 Å². The van der Waals surface area contributed by atoms with E-state index in [4.69, 9.17) is 14.6 Å². The molecule has 0 aromatic heterocycles. The van der Waals surface area contributed by atoms with Gasteiger partial charge >= 0.3 is 5.97 Å². The minimum atomic E-state index is -0.377. The quantitative estimate of drug-likeness (QED) is 0.468. The maximum Gasteiger partial charge on any atom is 0.332 e. The van der Waals surface area contributed by atoms with Crippen molar-refractivity contribution < 1.29 is 19.4 Å². The van der Waals surface area contributed by atoms with Crippen molar-refractivity contribution in [3.8, 4) is 0 Å². The third kappa shape index (κ3) is 6.12. The van der Waals surface area contributed by atoms with Crippen LogP contribution in [0.2, 0.25) is 0 Å². The van der Waals surface area contributed by atoms with Crippen LogP contribution in [-0.4, -0.2) is 37.0 Å². The first-order chi connectivity index (χ1) is 5.70. The molecule has 0 aliphatic carbocycles. The monoisotopic (exact) mass is 176 g/mol. The van der Waals surface area contributed by atoms with E-state index in [1.165, 1.54) is 0 Å². The highest BCUT2D eigenvalue weighted by Gasteiger charge is 2.06. The second kappa shape index (κ2) is 7.06. The second-order valence-corrected chi connectivity index (χ2v) is 2.48. The molecule has 0 aliphatic rings. The number of carbonyl (C=O) groups excluding carboxylic acids is 1. The Morgan fingerprint density at radius 1 is 1.58 bits per heavy atom. The molecule has 0 rings (SSSR count). The number of aliphatic hydroxyl groups excluding tert-OH is 1. The largest absolute Gasteiger partial charge is 0.461 e. The number of hydrogen-bond acceptors (Lipinski definition) is 4. The summed E-state index contributed by atoms with van der Waals surface area (Å²) < 4.78 is 9.67. The van der Waals surface area contributed by atoms with Crippen LogP contribution < -0.4 is 0 Å². The van der Waals surface area contributed by atoms with Crippen LogP contribution in [0.25, 0.3) is 0 Å². The fourth-order valence-corrected chi connectivity index (χ4v) is 0.562. The van der Waals surface area contributed by atoms with E-state index in [2.05, 4.69) is 0 Å². The van der Waals surface area contributed by atoms with Crippen molar-refractivity contribution in [1.82, 2.24) is 0 Å². The minimum absolute atomic E-state index is 0.0600. The maximum absolute atomic E-state index is 10.9. The zero-order valence-corrected chi connectivity index (χ0v) is 7.58. The molecule has 0 amide bonds. The van der Waals surface area contributed by atoms with Crippen molar-refractivity contribution in [2.75, 3.05) is 19.8 Å². The summed E-state index contributed by atoms with van der Waals surface area (Å²) >= 11 is 0. The van der Waals surface area contributed by atoms with Gasteiger partial charge in [-0.15, -0.1) is 0 Å². The van der Waals surface area contributed by atoms with Crippen LogP contribution in [0.5, 0.6) is 0 Å². The van der Waals surface area contributed by atoms with E-state index in [0.717, 1.165) is 6.42 Å². The zero-order chi connectivity index (χ0) is 9.40. The average molecular weight is 176 g/mol. The van der Waals surface area contributed by atoms with Crippen LogP contribution in [-0.2, 0) is 14.3 Å². The number of rotatable bonds is 6. The van der Waals surface area contributed by atoms with Crippen LogP contribution in [0.3, 0.4) is 0 Å². The highest BCUT2D eigenvalue weighted by molar-refractivity contribution is 5.70. The molecule has 1 atom stereocenters. The lowest BCUT2D eigenvalue weighted by Crippen LogP contribution is -2.19. The Morgan fingerprint density at radius 2 is 2.25 bits per heavy atom. The van der Waals surface area contributed by atoms with Crippen molar-refractivity contribution >= 4 is 5.97 Å². The van der Waals surface area contributed by atoms with Gasteiger partial charge in [-0.2, -0.15) is 0 Å². The van der Waals surface area contributed by atoms with Gasteiger partial charge in [0.25, 0.3) is 0 Å². The molecular weight excluding hydrogens is 160 g/mol. The Balaban J connectivity index is 3.33. The molecule has 1 N–H and O–H groups in total. The second-order valence-electron chi connectivity index (χ2n) is 2.48. The third-order valence-corrected chi connectivity index (χ3v) is 1.36. The van der Waals surface area contributed by atoms with Crippen molar-refractivity contribution in [1.29, 1.82) is 0 Å². The number of esters is 1. The van der Waals surface area contributed by atoms with Gasteiger partial charge in [0.15, 0.2) is 0 Å². The molecule has 12 heavy (non-hydrogen) atoms. The van der Waals surface area contributed by atoms with Crippen LogP contribution in [0.15, 0.2) is 0 Å². The maximum atomic E-state index is 10.9. The normalized spacial score (nSPS) is 12.6. The molecule has 0 aliphatic heterocycles. The molecule has 0 bridgehead atoms. The molecule has 0 aromatic carbocycles. The van der Waals surface area contributed by atoms with E-state index in [1.807, 2.05) is 13.8 Å². The summed E-state index contributed by atoms with van der Waals surface area (Å²) in [5, 5.41) is 8.33. The fourth-order valence-electron chi connectivity index (χ4n) is 0.562. The molecule has 72 valence electrons. The SMILES string of the molecule is CCC(C)OC(=O)COCCO.